The molecule has 0 spiro atoms. The van der Waals surface area contributed by atoms with E-state index in [-0.39, 0.29) is 19.2 Å². The lowest BCUT2D eigenvalue weighted by atomic mass is 10.1. The van der Waals surface area contributed by atoms with Crippen LogP contribution in [0.15, 0.2) is 30.3 Å². The van der Waals surface area contributed by atoms with Gasteiger partial charge in [-0.15, -0.1) is 11.6 Å². The number of esters is 1. The highest BCUT2D eigenvalue weighted by atomic mass is 35.5. The quantitative estimate of drug-likeness (QED) is 0.330. The maximum absolute atomic E-state index is 12.6. The number of benzene rings is 1. The molecule has 25 heavy (non-hydrogen) atoms. The second kappa shape index (κ2) is 12.6. The first-order chi connectivity index (χ1) is 12.1. The summed E-state index contributed by atoms with van der Waals surface area (Å²) >= 11 is 5.73. The van der Waals surface area contributed by atoms with Crippen LogP contribution in [0.5, 0.6) is 0 Å². The highest BCUT2D eigenvalue weighted by Gasteiger charge is 2.31. The molecule has 1 rings (SSSR count). The van der Waals surface area contributed by atoms with Crippen molar-refractivity contribution in [2.75, 3.05) is 19.0 Å². The number of amides is 1. The van der Waals surface area contributed by atoms with Gasteiger partial charge in [0, 0.05) is 12.4 Å². The van der Waals surface area contributed by atoms with Crippen molar-refractivity contribution < 1.29 is 19.1 Å². The van der Waals surface area contributed by atoms with Crippen LogP contribution in [0.2, 0.25) is 0 Å². The van der Waals surface area contributed by atoms with Crippen molar-refractivity contribution in [3.05, 3.63) is 35.9 Å². The minimum Gasteiger partial charge on any atom is -0.464 e. The third-order valence-electron chi connectivity index (χ3n) is 3.72. The van der Waals surface area contributed by atoms with Crippen molar-refractivity contribution >= 4 is 23.7 Å². The fourth-order valence-corrected chi connectivity index (χ4v) is 2.66. The Labute approximate surface area is 155 Å². The Kier molecular flexibility index (Phi) is 10.7. The number of hydrogen-bond acceptors (Lipinski definition) is 4. The lowest BCUT2D eigenvalue weighted by Crippen LogP contribution is -2.46. The molecule has 0 N–H and O–H groups in total. The zero-order valence-electron chi connectivity index (χ0n) is 15.1. The number of rotatable bonds is 11. The van der Waals surface area contributed by atoms with E-state index in [1.807, 2.05) is 37.3 Å². The number of alkyl halides is 1. The summed E-state index contributed by atoms with van der Waals surface area (Å²) in [6.45, 7) is 4.61. The largest absolute Gasteiger partial charge is 0.464 e. The Morgan fingerprint density at radius 2 is 1.84 bits per heavy atom. The molecule has 0 saturated carbocycles. The first-order valence-electron chi connectivity index (χ1n) is 8.83. The molecule has 6 heteroatoms. The number of hydrogen-bond donors (Lipinski definition) is 0. The molecular weight excluding hydrogens is 342 g/mol. The minimum absolute atomic E-state index is 0.174. The fraction of sp³-hybridized carbons (Fsp3) is 0.579. The fourth-order valence-electron chi connectivity index (χ4n) is 2.47. The summed E-state index contributed by atoms with van der Waals surface area (Å²) in [7, 11) is 0. The van der Waals surface area contributed by atoms with Gasteiger partial charge in [0.15, 0.2) is 0 Å². The van der Waals surface area contributed by atoms with Gasteiger partial charge in [-0.1, -0.05) is 43.7 Å². The van der Waals surface area contributed by atoms with Crippen LogP contribution in [0, 0.1) is 0 Å². The standard InChI is InChI=1S/C19H28ClNO4/c1-3-10-17(18(22)24-4-2)21(14-9-8-13-20)19(23)25-15-16-11-6-5-7-12-16/h5-7,11-12,17H,3-4,8-10,13-15H2,1-2H3/t17-/m0/s1. The molecule has 0 saturated heterocycles. The molecule has 140 valence electrons. The van der Waals surface area contributed by atoms with Crippen LogP contribution in [-0.4, -0.2) is 42.0 Å². The highest BCUT2D eigenvalue weighted by Crippen LogP contribution is 2.14. The van der Waals surface area contributed by atoms with E-state index in [2.05, 4.69) is 0 Å². The summed E-state index contributed by atoms with van der Waals surface area (Å²) in [4.78, 5) is 26.4. The Bertz CT molecular complexity index is 509. The van der Waals surface area contributed by atoms with E-state index in [0.29, 0.717) is 25.3 Å². The zero-order chi connectivity index (χ0) is 18.5. The van der Waals surface area contributed by atoms with Crippen LogP contribution < -0.4 is 0 Å². The summed E-state index contributed by atoms with van der Waals surface area (Å²) in [6.07, 6.45) is 2.29. The van der Waals surface area contributed by atoms with Crippen molar-refractivity contribution in [2.45, 2.75) is 52.2 Å². The van der Waals surface area contributed by atoms with Crippen molar-refractivity contribution in [1.82, 2.24) is 4.90 Å². The summed E-state index contributed by atoms with van der Waals surface area (Å²) in [5, 5.41) is 0. The third-order valence-corrected chi connectivity index (χ3v) is 3.99. The molecule has 1 aromatic carbocycles. The number of carbonyl (C=O) groups is 2. The first kappa shape index (κ1) is 21.3. The zero-order valence-corrected chi connectivity index (χ0v) is 15.8. The van der Waals surface area contributed by atoms with Crippen LogP contribution in [-0.2, 0) is 20.9 Å². The maximum atomic E-state index is 12.6. The Morgan fingerprint density at radius 1 is 1.12 bits per heavy atom. The molecule has 1 atom stereocenters. The van der Waals surface area contributed by atoms with Crippen LogP contribution in [0.25, 0.3) is 0 Å². The second-order valence-electron chi connectivity index (χ2n) is 5.69. The number of nitrogens with zero attached hydrogens (tertiary/aromatic N) is 1. The van der Waals surface area contributed by atoms with Crippen LogP contribution >= 0.6 is 11.6 Å². The van der Waals surface area contributed by atoms with Gasteiger partial charge in [-0.2, -0.15) is 0 Å². The van der Waals surface area contributed by atoms with E-state index in [1.165, 1.54) is 4.90 Å². The Morgan fingerprint density at radius 3 is 2.44 bits per heavy atom. The number of unbranched alkanes of at least 4 members (excludes halogenated alkanes) is 1. The van der Waals surface area contributed by atoms with Gasteiger partial charge in [-0.05, 0) is 31.7 Å². The predicted molar refractivity (Wildman–Crippen MR) is 98.6 cm³/mol. The average Bonchev–Trinajstić information content (AvgIpc) is 2.63. The van der Waals surface area contributed by atoms with Crippen LogP contribution in [0.4, 0.5) is 4.79 Å². The SMILES string of the molecule is CCC[C@@H](C(=O)OCC)N(CCCCCl)C(=O)OCc1ccccc1. The number of halogens is 1. The van der Waals surface area contributed by atoms with Crippen molar-refractivity contribution in [3.8, 4) is 0 Å². The molecule has 0 radical (unpaired) electrons. The third kappa shape index (κ3) is 7.78. The highest BCUT2D eigenvalue weighted by molar-refractivity contribution is 6.17. The average molecular weight is 370 g/mol. The van der Waals surface area contributed by atoms with Gasteiger partial charge in [0.05, 0.1) is 6.61 Å². The summed E-state index contributed by atoms with van der Waals surface area (Å²) in [5.41, 5.74) is 0.903. The van der Waals surface area contributed by atoms with E-state index in [9.17, 15) is 9.59 Å². The van der Waals surface area contributed by atoms with E-state index < -0.39 is 12.1 Å². The summed E-state index contributed by atoms with van der Waals surface area (Å²) in [5.74, 6) is 0.136. The van der Waals surface area contributed by atoms with Gasteiger partial charge in [-0.3, -0.25) is 4.90 Å². The minimum atomic E-state index is -0.622. The molecular formula is C19H28ClNO4. The van der Waals surface area contributed by atoms with E-state index >= 15 is 0 Å². The molecule has 0 aromatic heterocycles. The molecule has 0 aliphatic heterocycles. The molecule has 0 bridgehead atoms. The smallest absolute Gasteiger partial charge is 0.410 e. The van der Waals surface area contributed by atoms with Crippen LogP contribution in [0.1, 0.15) is 45.1 Å². The molecule has 0 heterocycles. The first-order valence-corrected chi connectivity index (χ1v) is 9.37. The summed E-state index contributed by atoms with van der Waals surface area (Å²) in [6, 6.07) is 8.84. The van der Waals surface area contributed by atoms with E-state index in [0.717, 1.165) is 18.4 Å². The van der Waals surface area contributed by atoms with Gasteiger partial charge in [0.25, 0.3) is 0 Å². The van der Waals surface area contributed by atoms with Gasteiger partial charge in [0.1, 0.15) is 12.6 Å². The molecule has 1 aromatic rings. The van der Waals surface area contributed by atoms with E-state index in [4.69, 9.17) is 21.1 Å². The van der Waals surface area contributed by atoms with Crippen molar-refractivity contribution in [1.29, 1.82) is 0 Å². The number of carbonyl (C=O) groups excluding carboxylic acids is 2. The molecule has 0 unspecified atom stereocenters. The normalized spacial score (nSPS) is 11.6. The van der Waals surface area contributed by atoms with Gasteiger partial charge in [0.2, 0.25) is 0 Å². The molecule has 0 fully saturated rings. The Balaban J connectivity index is 2.79. The van der Waals surface area contributed by atoms with Crippen molar-refractivity contribution in [2.24, 2.45) is 0 Å². The molecule has 0 aliphatic rings. The van der Waals surface area contributed by atoms with Gasteiger partial charge < -0.3 is 9.47 Å². The molecule has 1 amide bonds. The van der Waals surface area contributed by atoms with Gasteiger partial charge >= 0.3 is 12.1 Å². The lowest BCUT2D eigenvalue weighted by molar-refractivity contribution is -0.149. The second-order valence-corrected chi connectivity index (χ2v) is 6.06. The monoisotopic (exact) mass is 369 g/mol. The predicted octanol–water partition coefficient (Wildman–Crippen LogP) is 4.38. The topological polar surface area (TPSA) is 55.8 Å². The molecule has 5 nitrogen and oxygen atoms in total. The van der Waals surface area contributed by atoms with E-state index in [1.54, 1.807) is 6.92 Å². The van der Waals surface area contributed by atoms with Crippen LogP contribution in [0.3, 0.4) is 0 Å². The molecule has 0 aliphatic carbocycles. The lowest BCUT2D eigenvalue weighted by Gasteiger charge is -2.29. The Hall–Kier alpha value is -1.75. The summed E-state index contributed by atoms with van der Waals surface area (Å²) < 4.78 is 10.6. The maximum Gasteiger partial charge on any atom is 0.410 e. The number of ether oxygens (including phenoxy) is 2. The van der Waals surface area contributed by atoms with Crippen molar-refractivity contribution in [3.63, 3.8) is 0 Å². The van der Waals surface area contributed by atoms with Gasteiger partial charge in [-0.25, -0.2) is 9.59 Å².